The Morgan fingerprint density at radius 3 is 2.57 bits per heavy atom. The molecule has 0 saturated carbocycles. The topological polar surface area (TPSA) is 36.2 Å². The monoisotopic (exact) mass is 96.1 g/mol. The highest BCUT2D eigenvalue weighted by molar-refractivity contribution is 5.94. The van der Waals surface area contributed by atoms with E-state index in [9.17, 15) is 0 Å². The fraction of sp³-hybridized carbons (Fsp3) is 0.200. The molecule has 0 aromatic carbocycles. The van der Waals surface area contributed by atoms with E-state index in [0.29, 0.717) is 0 Å². The zero-order chi connectivity index (χ0) is 5.70. The van der Waals surface area contributed by atoms with E-state index < -0.39 is 0 Å². The van der Waals surface area contributed by atoms with E-state index >= 15 is 0 Å². The van der Waals surface area contributed by atoms with Crippen LogP contribution < -0.4 is 0 Å². The molecule has 1 N–H and O–H groups in total. The van der Waals surface area contributed by atoms with Gasteiger partial charge in [-0.1, -0.05) is 6.58 Å². The number of amidine groups is 1. The molecule has 38 valence electrons. The third-order valence-corrected chi connectivity index (χ3v) is 0.462. The quantitative estimate of drug-likeness (QED) is 0.376. The Bertz CT molecular complexity index is 103. The van der Waals surface area contributed by atoms with E-state index in [4.69, 9.17) is 5.41 Å². The molecule has 0 rings (SSSR count). The molecule has 0 bridgehead atoms. The van der Waals surface area contributed by atoms with E-state index in [2.05, 4.69) is 11.6 Å². The minimum atomic E-state index is 0.211. The lowest BCUT2D eigenvalue weighted by molar-refractivity contribution is 1.46. The summed E-state index contributed by atoms with van der Waals surface area (Å²) < 4.78 is 0. The number of aliphatic imine (C=N–C) groups is 1. The van der Waals surface area contributed by atoms with Crippen LogP contribution in [0.1, 0.15) is 6.92 Å². The second kappa shape index (κ2) is 3.28. The van der Waals surface area contributed by atoms with Crippen LogP contribution in [-0.4, -0.2) is 12.1 Å². The van der Waals surface area contributed by atoms with Gasteiger partial charge in [-0.05, 0) is 13.0 Å². The molecule has 0 saturated heterocycles. The van der Waals surface area contributed by atoms with Gasteiger partial charge in [0, 0.05) is 6.21 Å². The zero-order valence-electron chi connectivity index (χ0n) is 4.31. The largest absolute Gasteiger partial charge is 0.283 e. The summed E-state index contributed by atoms with van der Waals surface area (Å²) in [5.74, 6) is 0.211. The second-order valence-corrected chi connectivity index (χ2v) is 0.977. The van der Waals surface area contributed by atoms with E-state index in [1.807, 2.05) is 0 Å². The maximum atomic E-state index is 6.82. The van der Waals surface area contributed by atoms with Crippen molar-refractivity contribution in [1.82, 2.24) is 0 Å². The first-order valence-corrected chi connectivity index (χ1v) is 2.01. The number of hydrogen-bond acceptors (Lipinski definition) is 1. The molecule has 0 fully saturated rings. The predicted molar refractivity (Wildman–Crippen MR) is 32.1 cm³/mol. The third-order valence-electron chi connectivity index (χ3n) is 0.462. The summed E-state index contributed by atoms with van der Waals surface area (Å²) in [5.41, 5.74) is 0. The summed E-state index contributed by atoms with van der Waals surface area (Å²) in [5, 5.41) is 6.82. The highest BCUT2D eigenvalue weighted by atomic mass is 14.8. The Morgan fingerprint density at radius 1 is 1.86 bits per heavy atom. The summed E-state index contributed by atoms with van der Waals surface area (Å²) in [6, 6.07) is 0. The molecule has 0 aliphatic heterocycles. The molecule has 2 heteroatoms. The Morgan fingerprint density at radius 2 is 2.43 bits per heavy atom. The summed E-state index contributed by atoms with van der Waals surface area (Å²) >= 11 is 0. The lowest BCUT2D eigenvalue weighted by Gasteiger charge is -1.77. The van der Waals surface area contributed by atoms with Crippen molar-refractivity contribution in [2.45, 2.75) is 6.92 Å². The van der Waals surface area contributed by atoms with Crippen LogP contribution in [-0.2, 0) is 0 Å². The number of nitrogens with zero attached hydrogens (tertiary/aromatic N) is 1. The van der Waals surface area contributed by atoms with E-state index in [1.54, 1.807) is 13.1 Å². The molecule has 0 heterocycles. The Kier molecular flexibility index (Phi) is 2.85. The zero-order valence-corrected chi connectivity index (χ0v) is 4.31. The van der Waals surface area contributed by atoms with Gasteiger partial charge in [-0.2, -0.15) is 0 Å². The molecule has 0 atom stereocenters. The van der Waals surface area contributed by atoms with Crippen LogP contribution in [0.2, 0.25) is 0 Å². The van der Waals surface area contributed by atoms with E-state index in [1.165, 1.54) is 6.08 Å². The molecule has 0 aromatic rings. The molecule has 0 radical (unpaired) electrons. The van der Waals surface area contributed by atoms with Crippen LogP contribution in [0.5, 0.6) is 0 Å². The number of nitrogens with one attached hydrogen (secondary N) is 1. The fourth-order valence-corrected chi connectivity index (χ4v) is 0.192. The molecule has 0 spiro atoms. The van der Waals surface area contributed by atoms with Crippen molar-refractivity contribution in [2.75, 3.05) is 0 Å². The second-order valence-electron chi connectivity index (χ2n) is 0.977. The molecule has 7 heavy (non-hydrogen) atoms. The van der Waals surface area contributed by atoms with Crippen molar-refractivity contribution in [3.8, 4) is 0 Å². The normalized spacial score (nSPS) is 9.29. The van der Waals surface area contributed by atoms with Crippen molar-refractivity contribution in [2.24, 2.45) is 4.99 Å². The first-order valence-electron chi connectivity index (χ1n) is 2.01. The van der Waals surface area contributed by atoms with Gasteiger partial charge >= 0.3 is 0 Å². The van der Waals surface area contributed by atoms with Gasteiger partial charge in [-0.25, -0.2) is 4.99 Å². The van der Waals surface area contributed by atoms with Crippen molar-refractivity contribution in [3.05, 3.63) is 12.7 Å². The Hall–Kier alpha value is -0.920. The van der Waals surface area contributed by atoms with Gasteiger partial charge in [0.2, 0.25) is 0 Å². The predicted octanol–water partition coefficient (Wildman–Crippen LogP) is 1.24. The average Bonchev–Trinajstić information content (AvgIpc) is 1.68. The average molecular weight is 96.1 g/mol. The van der Waals surface area contributed by atoms with Crippen molar-refractivity contribution in [1.29, 1.82) is 5.41 Å². The highest BCUT2D eigenvalue weighted by Crippen LogP contribution is 1.71. The van der Waals surface area contributed by atoms with E-state index in [-0.39, 0.29) is 5.84 Å². The lowest BCUT2D eigenvalue weighted by atomic mass is 10.6. The smallest absolute Gasteiger partial charge is 0.143 e. The minimum Gasteiger partial charge on any atom is -0.283 e. The van der Waals surface area contributed by atoms with Crippen LogP contribution in [0.3, 0.4) is 0 Å². The minimum absolute atomic E-state index is 0.211. The van der Waals surface area contributed by atoms with Crippen LogP contribution >= 0.6 is 0 Å². The SMILES string of the molecule is C=CC(=N)N=CC. The van der Waals surface area contributed by atoms with Gasteiger partial charge in [0.15, 0.2) is 0 Å². The van der Waals surface area contributed by atoms with Gasteiger partial charge in [0.1, 0.15) is 5.84 Å². The number of rotatable bonds is 1. The van der Waals surface area contributed by atoms with Crippen LogP contribution in [0, 0.1) is 5.41 Å². The molecular formula is C5H8N2. The first kappa shape index (κ1) is 6.08. The summed E-state index contributed by atoms with van der Waals surface area (Å²) in [6.45, 7) is 5.10. The standard InChI is InChI=1S/C5H8N2/c1-3-5(6)7-4-2/h3-4,6H,1H2,2H3. The highest BCUT2D eigenvalue weighted by Gasteiger charge is 1.73. The van der Waals surface area contributed by atoms with Gasteiger partial charge in [-0.15, -0.1) is 0 Å². The molecule has 0 aromatic heterocycles. The molecule has 0 amide bonds. The molecule has 0 aliphatic rings. The molecule has 2 nitrogen and oxygen atoms in total. The molecule has 0 aliphatic carbocycles. The van der Waals surface area contributed by atoms with E-state index in [0.717, 1.165) is 0 Å². The lowest BCUT2D eigenvalue weighted by Crippen LogP contribution is -1.80. The van der Waals surface area contributed by atoms with Crippen molar-refractivity contribution in [3.63, 3.8) is 0 Å². The van der Waals surface area contributed by atoms with Crippen LogP contribution in [0.25, 0.3) is 0 Å². The first-order chi connectivity index (χ1) is 3.31. The van der Waals surface area contributed by atoms with Gasteiger partial charge in [0.25, 0.3) is 0 Å². The van der Waals surface area contributed by atoms with Crippen molar-refractivity contribution < 1.29 is 0 Å². The summed E-state index contributed by atoms with van der Waals surface area (Å²) in [4.78, 5) is 3.58. The number of hydrogen-bond donors (Lipinski definition) is 1. The van der Waals surface area contributed by atoms with Gasteiger partial charge in [-0.3, -0.25) is 5.41 Å². The molecular weight excluding hydrogens is 88.1 g/mol. The van der Waals surface area contributed by atoms with Crippen LogP contribution in [0.4, 0.5) is 0 Å². The Labute approximate surface area is 43.1 Å². The fourth-order valence-electron chi connectivity index (χ4n) is 0.192. The maximum absolute atomic E-state index is 6.82. The van der Waals surface area contributed by atoms with Crippen molar-refractivity contribution >= 4 is 12.1 Å². The summed E-state index contributed by atoms with van der Waals surface area (Å²) in [6.07, 6.45) is 2.95. The van der Waals surface area contributed by atoms with Gasteiger partial charge < -0.3 is 0 Å². The Balaban J connectivity index is 3.58. The third kappa shape index (κ3) is 2.89. The van der Waals surface area contributed by atoms with Crippen LogP contribution in [0.15, 0.2) is 17.6 Å². The molecule has 0 unspecified atom stereocenters. The van der Waals surface area contributed by atoms with Gasteiger partial charge in [0.05, 0.1) is 0 Å². The maximum Gasteiger partial charge on any atom is 0.143 e. The summed E-state index contributed by atoms with van der Waals surface area (Å²) in [7, 11) is 0.